The zero-order valence-corrected chi connectivity index (χ0v) is 30.3. The molecule has 0 saturated heterocycles. The van der Waals surface area contributed by atoms with Gasteiger partial charge in [-0.1, -0.05) is 176 Å². The van der Waals surface area contributed by atoms with Crippen molar-refractivity contribution >= 4 is 21.9 Å². The van der Waals surface area contributed by atoms with Crippen LogP contribution >= 0.6 is 0 Å². The van der Waals surface area contributed by atoms with Crippen molar-refractivity contribution in [3.8, 4) is 67.3 Å². The zero-order chi connectivity index (χ0) is 36.8. The van der Waals surface area contributed by atoms with Crippen LogP contribution in [0.15, 0.2) is 199 Å². The summed E-state index contributed by atoms with van der Waals surface area (Å²) >= 11 is 0. The highest BCUT2D eigenvalue weighted by molar-refractivity contribution is 6.09. The van der Waals surface area contributed by atoms with Gasteiger partial charge in [0.15, 0.2) is 5.82 Å². The first-order chi connectivity index (χ1) is 27.8. The van der Waals surface area contributed by atoms with Crippen LogP contribution in [-0.4, -0.2) is 9.97 Å². The molecule has 3 heteroatoms. The van der Waals surface area contributed by atoms with Crippen molar-refractivity contribution in [2.45, 2.75) is 5.41 Å². The zero-order valence-electron chi connectivity index (χ0n) is 30.3. The molecule has 0 saturated carbocycles. The van der Waals surface area contributed by atoms with Gasteiger partial charge in [-0.3, -0.25) is 0 Å². The van der Waals surface area contributed by atoms with Gasteiger partial charge in [-0.25, -0.2) is 9.97 Å². The highest BCUT2D eigenvalue weighted by Crippen LogP contribution is 2.63. The molecule has 2 heterocycles. The van der Waals surface area contributed by atoms with Gasteiger partial charge in [-0.15, -0.1) is 0 Å². The number of hydrogen-bond acceptors (Lipinski definition) is 3. The number of nitrogens with zero attached hydrogens (tertiary/aromatic N) is 2. The Balaban J connectivity index is 1.16. The van der Waals surface area contributed by atoms with Crippen LogP contribution in [0.1, 0.15) is 22.3 Å². The molecule has 0 bridgehead atoms. The van der Waals surface area contributed by atoms with Crippen molar-refractivity contribution in [1.82, 2.24) is 9.97 Å². The van der Waals surface area contributed by atoms with Crippen LogP contribution in [0.2, 0.25) is 0 Å². The minimum Gasteiger partial charge on any atom is -0.455 e. The smallest absolute Gasteiger partial charge is 0.161 e. The SMILES string of the molecule is c1ccc(-c2ccccc2-c2cc(-c3cccc4c3oc3ccccc34)nc(-c3cccc4c3-c3ccccc3C43c4ccccc4-c4ccccc43)n2)cc1. The maximum atomic E-state index is 6.61. The summed E-state index contributed by atoms with van der Waals surface area (Å²) in [6, 6.07) is 69.3. The lowest BCUT2D eigenvalue weighted by Gasteiger charge is -2.30. The van der Waals surface area contributed by atoms with Crippen LogP contribution in [0.3, 0.4) is 0 Å². The molecule has 8 aromatic carbocycles. The lowest BCUT2D eigenvalue weighted by atomic mass is 9.70. The van der Waals surface area contributed by atoms with E-state index in [1.165, 1.54) is 44.5 Å². The van der Waals surface area contributed by atoms with Crippen molar-refractivity contribution in [2.75, 3.05) is 0 Å². The predicted molar refractivity (Wildman–Crippen MR) is 227 cm³/mol. The van der Waals surface area contributed by atoms with Crippen LogP contribution in [0.25, 0.3) is 89.2 Å². The van der Waals surface area contributed by atoms with Crippen LogP contribution in [0.5, 0.6) is 0 Å². The standard InChI is InChI=1S/C53H32N2O/c1-2-16-33(17-3-1)34-18-4-5-21-37(34)47-32-48(41-25-14-24-39-38-22-9-13-31-49(38)56-51(39)41)55-52(54-47)42-26-15-30-46-50(42)40-23-8-12-29-45(40)53(46)43-27-10-6-19-35(43)36-20-7-11-28-44(36)53/h1-32H. The van der Waals surface area contributed by atoms with Gasteiger partial charge in [0.05, 0.1) is 16.8 Å². The molecule has 0 N–H and O–H groups in total. The van der Waals surface area contributed by atoms with Gasteiger partial charge in [0.1, 0.15) is 11.2 Å². The quantitative estimate of drug-likeness (QED) is 0.182. The van der Waals surface area contributed by atoms with E-state index in [0.29, 0.717) is 5.82 Å². The number of para-hydroxylation sites is 2. The van der Waals surface area contributed by atoms with E-state index >= 15 is 0 Å². The van der Waals surface area contributed by atoms with Crippen LogP contribution in [0, 0.1) is 0 Å². The third kappa shape index (κ3) is 4.22. The molecule has 56 heavy (non-hydrogen) atoms. The van der Waals surface area contributed by atoms with Crippen molar-refractivity contribution in [1.29, 1.82) is 0 Å². The first kappa shape index (κ1) is 31.0. The summed E-state index contributed by atoms with van der Waals surface area (Å²) in [7, 11) is 0. The number of hydrogen-bond donors (Lipinski definition) is 0. The lowest BCUT2D eigenvalue weighted by Crippen LogP contribution is -2.25. The van der Waals surface area contributed by atoms with Gasteiger partial charge in [-0.05, 0) is 73.8 Å². The van der Waals surface area contributed by atoms with E-state index in [2.05, 4.69) is 182 Å². The summed E-state index contributed by atoms with van der Waals surface area (Å²) in [5.41, 5.74) is 18.3. The highest BCUT2D eigenvalue weighted by Gasteiger charge is 2.52. The summed E-state index contributed by atoms with van der Waals surface area (Å²) in [5, 5.41) is 2.16. The second-order valence-electron chi connectivity index (χ2n) is 14.8. The number of rotatable bonds is 4. The molecule has 12 rings (SSSR count). The fourth-order valence-corrected chi connectivity index (χ4v) is 9.70. The maximum absolute atomic E-state index is 6.61. The molecule has 2 aromatic heterocycles. The fourth-order valence-electron chi connectivity index (χ4n) is 9.70. The van der Waals surface area contributed by atoms with Gasteiger partial charge < -0.3 is 4.42 Å². The molecule has 3 nitrogen and oxygen atoms in total. The Kier molecular flexibility index (Phi) is 6.55. The van der Waals surface area contributed by atoms with E-state index < -0.39 is 5.41 Å². The molecule has 0 atom stereocenters. The van der Waals surface area contributed by atoms with E-state index in [9.17, 15) is 0 Å². The molecule has 0 unspecified atom stereocenters. The fraction of sp³-hybridized carbons (Fsp3) is 0.0189. The largest absolute Gasteiger partial charge is 0.455 e. The highest BCUT2D eigenvalue weighted by atomic mass is 16.3. The van der Waals surface area contributed by atoms with Gasteiger partial charge >= 0.3 is 0 Å². The Hall–Kier alpha value is -7.36. The maximum Gasteiger partial charge on any atom is 0.161 e. The first-order valence-electron chi connectivity index (χ1n) is 19.2. The Labute approximate surface area is 324 Å². The van der Waals surface area contributed by atoms with Crippen LogP contribution in [0.4, 0.5) is 0 Å². The Morgan fingerprint density at radius 2 is 0.857 bits per heavy atom. The second kappa shape index (κ2) is 11.8. The third-order valence-corrected chi connectivity index (χ3v) is 12.0. The van der Waals surface area contributed by atoms with Crippen molar-refractivity contribution in [3.05, 3.63) is 216 Å². The van der Waals surface area contributed by atoms with Crippen molar-refractivity contribution in [3.63, 3.8) is 0 Å². The lowest BCUT2D eigenvalue weighted by molar-refractivity contribution is 0.670. The van der Waals surface area contributed by atoms with E-state index in [4.69, 9.17) is 14.4 Å². The minimum absolute atomic E-state index is 0.463. The molecule has 0 fully saturated rings. The summed E-state index contributed by atoms with van der Waals surface area (Å²) < 4.78 is 6.61. The Morgan fingerprint density at radius 1 is 0.357 bits per heavy atom. The second-order valence-corrected chi connectivity index (χ2v) is 14.8. The minimum atomic E-state index is -0.463. The Bertz CT molecular complexity index is 3170. The summed E-state index contributed by atoms with van der Waals surface area (Å²) in [4.78, 5) is 11.0. The number of benzene rings is 8. The molecule has 260 valence electrons. The Morgan fingerprint density at radius 3 is 1.61 bits per heavy atom. The number of fused-ring (bicyclic) bond motifs is 13. The van der Waals surface area contributed by atoms with E-state index in [-0.39, 0.29) is 0 Å². The molecule has 2 aliphatic rings. The molecular weight excluding hydrogens is 681 g/mol. The van der Waals surface area contributed by atoms with Crippen LogP contribution in [-0.2, 0) is 5.41 Å². The topological polar surface area (TPSA) is 38.9 Å². The van der Waals surface area contributed by atoms with Gasteiger partial charge in [0.2, 0.25) is 0 Å². The van der Waals surface area contributed by atoms with Crippen LogP contribution < -0.4 is 0 Å². The summed E-state index contributed by atoms with van der Waals surface area (Å²) in [6.45, 7) is 0. The predicted octanol–water partition coefficient (Wildman–Crippen LogP) is 13.4. The third-order valence-electron chi connectivity index (χ3n) is 12.0. The summed E-state index contributed by atoms with van der Waals surface area (Å²) in [5.74, 6) is 0.678. The number of furan rings is 1. The molecule has 1 spiro atoms. The van der Waals surface area contributed by atoms with Gasteiger partial charge in [0, 0.05) is 27.5 Å². The molecule has 10 aromatic rings. The van der Waals surface area contributed by atoms with Gasteiger partial charge in [0.25, 0.3) is 0 Å². The average molecular weight is 713 g/mol. The first-order valence-corrected chi connectivity index (χ1v) is 19.2. The van der Waals surface area contributed by atoms with Crippen molar-refractivity contribution in [2.24, 2.45) is 0 Å². The molecular formula is C53H32N2O. The summed E-state index contributed by atoms with van der Waals surface area (Å²) in [6.07, 6.45) is 0. The molecule has 0 radical (unpaired) electrons. The van der Waals surface area contributed by atoms with E-state index in [1.807, 2.05) is 12.1 Å². The molecule has 2 aliphatic carbocycles. The normalized spacial score (nSPS) is 13.1. The average Bonchev–Trinajstić information content (AvgIpc) is 3.91. The number of aromatic nitrogens is 2. The van der Waals surface area contributed by atoms with Crippen molar-refractivity contribution < 1.29 is 4.42 Å². The molecule has 0 aliphatic heterocycles. The van der Waals surface area contributed by atoms with Gasteiger partial charge in [-0.2, -0.15) is 0 Å². The molecule has 0 amide bonds. The van der Waals surface area contributed by atoms with E-state index in [0.717, 1.165) is 61.1 Å². The van der Waals surface area contributed by atoms with E-state index in [1.54, 1.807) is 0 Å². The monoisotopic (exact) mass is 712 g/mol.